The maximum Gasteiger partial charge on any atom is 0.178 e. The van der Waals surface area contributed by atoms with Crippen molar-refractivity contribution in [1.82, 2.24) is 0 Å². The van der Waals surface area contributed by atoms with Gasteiger partial charge in [-0.25, -0.2) is 0 Å². The highest BCUT2D eigenvalue weighted by molar-refractivity contribution is 5.98. The zero-order valence-corrected chi connectivity index (χ0v) is 15.9. The number of nitrogens with one attached hydrogen (secondary N) is 1. The van der Waals surface area contributed by atoms with E-state index in [1.54, 1.807) is 11.1 Å². The lowest BCUT2D eigenvalue weighted by Gasteiger charge is -2.44. The maximum absolute atomic E-state index is 10.5. The van der Waals surface area contributed by atoms with Gasteiger partial charge in [-0.2, -0.15) is 0 Å². The van der Waals surface area contributed by atoms with Crippen LogP contribution >= 0.6 is 0 Å². The molecule has 0 aliphatic heterocycles. The van der Waals surface area contributed by atoms with Gasteiger partial charge in [0.2, 0.25) is 0 Å². The molecule has 140 valence electrons. The number of hydrogen-bond donors (Lipinski definition) is 2. The smallest absolute Gasteiger partial charge is 0.178 e. The molecule has 0 saturated heterocycles. The predicted octanol–water partition coefficient (Wildman–Crippen LogP) is 3.65. The molecule has 1 aromatic heterocycles. The van der Waals surface area contributed by atoms with E-state index in [4.69, 9.17) is 0 Å². The molecule has 1 saturated carbocycles. The van der Waals surface area contributed by atoms with Crippen LogP contribution in [0.4, 0.5) is 0 Å². The van der Waals surface area contributed by atoms with Gasteiger partial charge >= 0.3 is 0 Å². The monoisotopic (exact) mass is 362 g/mol. The van der Waals surface area contributed by atoms with Crippen molar-refractivity contribution in [3.63, 3.8) is 0 Å². The number of hydrogen-bond acceptors (Lipinski definition) is 3. The fourth-order valence-corrected chi connectivity index (χ4v) is 5.68. The fraction of sp³-hybridized carbons (Fsp3) is 0.478. The normalized spacial score (nSPS) is 36.1. The van der Waals surface area contributed by atoms with Crippen molar-refractivity contribution in [3.05, 3.63) is 65.5 Å². The van der Waals surface area contributed by atoms with Crippen molar-refractivity contribution < 1.29 is 9.78 Å². The summed E-state index contributed by atoms with van der Waals surface area (Å²) < 4.78 is 1.87. The van der Waals surface area contributed by atoms with Crippen LogP contribution in [0.5, 0.6) is 0 Å². The van der Waals surface area contributed by atoms with Crippen molar-refractivity contribution >= 4 is 5.71 Å². The first-order valence-corrected chi connectivity index (χ1v) is 10.3. The zero-order chi connectivity index (χ0) is 18.4. The van der Waals surface area contributed by atoms with E-state index in [0.29, 0.717) is 11.8 Å². The molecule has 1 aromatic rings. The van der Waals surface area contributed by atoms with Gasteiger partial charge in [-0.1, -0.05) is 30.7 Å². The molecule has 1 fully saturated rings. The molecule has 4 heteroatoms. The topological polar surface area (TPSA) is 48.5 Å². The Balaban J connectivity index is 1.43. The van der Waals surface area contributed by atoms with E-state index in [0.717, 1.165) is 37.8 Å². The minimum absolute atomic E-state index is 0.0198. The second kappa shape index (κ2) is 6.45. The van der Waals surface area contributed by atoms with E-state index in [1.807, 2.05) is 35.3 Å². The summed E-state index contributed by atoms with van der Waals surface area (Å²) in [5.41, 5.74) is 8.79. The molecule has 0 aromatic carbocycles. The fourth-order valence-electron chi connectivity index (χ4n) is 5.68. The molecule has 27 heavy (non-hydrogen) atoms. The summed E-state index contributed by atoms with van der Waals surface area (Å²) in [5, 5.41) is 15.1. The van der Waals surface area contributed by atoms with Crippen LogP contribution in [0.15, 0.2) is 70.6 Å². The van der Waals surface area contributed by atoms with Gasteiger partial charge in [-0.15, -0.1) is 4.68 Å². The third kappa shape index (κ3) is 2.78. The first kappa shape index (κ1) is 16.9. The van der Waals surface area contributed by atoms with Crippen molar-refractivity contribution in [3.8, 4) is 0 Å². The van der Waals surface area contributed by atoms with Crippen LogP contribution in [0.25, 0.3) is 0 Å². The summed E-state index contributed by atoms with van der Waals surface area (Å²) in [6.45, 7) is 2.26. The molecular weight excluding hydrogens is 334 g/mol. The van der Waals surface area contributed by atoms with Gasteiger partial charge in [-0.05, 0) is 78.9 Å². The molecule has 4 nitrogen and oxygen atoms in total. The average Bonchev–Trinajstić information content (AvgIpc) is 3.01. The highest BCUT2D eigenvalue weighted by Gasteiger charge is 2.51. The van der Waals surface area contributed by atoms with Crippen LogP contribution in [0.2, 0.25) is 0 Å². The van der Waals surface area contributed by atoms with E-state index in [2.05, 4.69) is 35.8 Å². The Hall–Kier alpha value is -2.20. The quantitative estimate of drug-likeness (QED) is 0.623. The Morgan fingerprint density at radius 2 is 1.96 bits per heavy atom. The summed E-state index contributed by atoms with van der Waals surface area (Å²) in [7, 11) is 0. The highest BCUT2D eigenvalue weighted by atomic mass is 16.3. The third-order valence-electron chi connectivity index (χ3n) is 7.23. The van der Waals surface area contributed by atoms with Crippen molar-refractivity contribution in [2.75, 3.05) is 5.53 Å². The number of hydrazone groups is 1. The van der Waals surface area contributed by atoms with Gasteiger partial charge < -0.3 is 5.11 Å². The Morgan fingerprint density at radius 3 is 2.81 bits per heavy atom. The first-order valence-electron chi connectivity index (χ1n) is 10.3. The van der Waals surface area contributed by atoms with E-state index in [-0.39, 0.29) is 11.5 Å². The van der Waals surface area contributed by atoms with E-state index in [9.17, 15) is 5.11 Å². The predicted molar refractivity (Wildman–Crippen MR) is 106 cm³/mol. The van der Waals surface area contributed by atoms with Gasteiger partial charge in [0.05, 0.1) is 6.10 Å². The molecule has 0 bridgehead atoms. The Morgan fingerprint density at radius 1 is 1.11 bits per heavy atom. The van der Waals surface area contributed by atoms with Crippen LogP contribution in [0.1, 0.15) is 45.4 Å². The van der Waals surface area contributed by atoms with Crippen LogP contribution < -0.4 is 10.2 Å². The molecular formula is C23H28N3O+. The number of pyridine rings is 1. The molecule has 4 aliphatic carbocycles. The molecule has 4 atom stereocenters. The number of allylic oxidation sites excluding steroid dienone is 5. The van der Waals surface area contributed by atoms with Crippen molar-refractivity contribution in [2.24, 2.45) is 22.4 Å². The molecule has 0 spiro atoms. The van der Waals surface area contributed by atoms with Gasteiger partial charge in [0.25, 0.3) is 0 Å². The van der Waals surface area contributed by atoms with Crippen molar-refractivity contribution in [2.45, 2.75) is 51.6 Å². The minimum atomic E-state index is -0.172. The average molecular weight is 362 g/mol. The van der Waals surface area contributed by atoms with Crippen molar-refractivity contribution in [1.29, 1.82) is 0 Å². The van der Waals surface area contributed by atoms with Gasteiger partial charge in [0.15, 0.2) is 5.71 Å². The minimum Gasteiger partial charge on any atom is -0.392 e. The number of fused-ring (bicyclic) bond motifs is 4. The highest BCUT2D eigenvalue weighted by Crippen LogP contribution is 2.57. The molecule has 2 N–H and O–H groups in total. The second-order valence-corrected chi connectivity index (χ2v) is 8.63. The van der Waals surface area contributed by atoms with E-state index in [1.165, 1.54) is 12.0 Å². The molecule has 0 radical (unpaired) electrons. The number of rotatable bonds is 2. The Kier molecular flexibility index (Phi) is 4.05. The van der Waals surface area contributed by atoms with Gasteiger partial charge in [-0.3, -0.25) is 0 Å². The summed E-state index contributed by atoms with van der Waals surface area (Å²) in [5.74, 6) is 1.23. The third-order valence-corrected chi connectivity index (χ3v) is 7.23. The first-order chi connectivity index (χ1) is 13.1. The molecule has 0 amide bonds. The summed E-state index contributed by atoms with van der Waals surface area (Å²) >= 11 is 0. The Bertz CT molecular complexity index is 867. The summed E-state index contributed by atoms with van der Waals surface area (Å²) in [6.07, 6.45) is 17.2. The zero-order valence-electron chi connectivity index (χ0n) is 15.9. The maximum atomic E-state index is 10.5. The molecule has 1 heterocycles. The van der Waals surface area contributed by atoms with Crippen LogP contribution in [-0.4, -0.2) is 16.9 Å². The van der Waals surface area contributed by atoms with E-state index >= 15 is 0 Å². The van der Waals surface area contributed by atoms with E-state index < -0.39 is 0 Å². The summed E-state index contributed by atoms with van der Waals surface area (Å²) in [4.78, 5) is 0. The SMILES string of the molecule is C[C@]12C=CC3=C4CC/C(=N\N[n+]5ccccc5)C=C4CC[C@H]3[C@@H]1CC[C@H]2O. The standard InChI is InChI=1S/C23H28N3O/c1-23-12-11-19-18-8-6-17(24-25-26-13-3-2-4-14-26)15-16(18)5-7-20(19)21(23)9-10-22(23)27/h2-4,11-15,20-22,25,27H,5-10H2,1H3/q+1/b24-17+/t20-,21+,22-,23+/m1/s1. The second-order valence-electron chi connectivity index (χ2n) is 8.63. The number of aromatic nitrogens is 1. The lowest BCUT2D eigenvalue weighted by Crippen LogP contribution is -2.41. The molecule has 4 aliphatic rings. The lowest BCUT2D eigenvalue weighted by atomic mass is 9.60. The summed E-state index contributed by atoms with van der Waals surface area (Å²) in [6, 6.07) is 5.97. The van der Waals surface area contributed by atoms with Crippen LogP contribution in [-0.2, 0) is 0 Å². The van der Waals surface area contributed by atoms with Crippen LogP contribution in [0, 0.1) is 17.3 Å². The number of nitrogens with zero attached hydrogens (tertiary/aromatic N) is 2. The lowest BCUT2D eigenvalue weighted by molar-refractivity contribution is -0.650. The number of aliphatic hydroxyl groups excluding tert-OH is 1. The molecule has 0 unspecified atom stereocenters. The molecule has 5 rings (SSSR count). The van der Waals surface area contributed by atoms with Gasteiger partial charge in [0, 0.05) is 16.9 Å². The van der Waals surface area contributed by atoms with Crippen LogP contribution in [0.3, 0.4) is 0 Å². The van der Waals surface area contributed by atoms with Gasteiger partial charge in [0.1, 0.15) is 12.4 Å². The largest absolute Gasteiger partial charge is 0.392 e. The number of aliphatic hydroxyl groups is 1. The Labute approximate surface area is 161 Å².